The molecule has 2 rings (SSSR count). The number of aromatic nitrogens is 3. The quantitative estimate of drug-likeness (QED) is 0.679. The zero-order valence-corrected chi connectivity index (χ0v) is 7.80. The Morgan fingerprint density at radius 1 is 1.69 bits per heavy atom. The maximum absolute atomic E-state index is 10.9. The Bertz CT molecular complexity index is 287. The number of nitrogens with one attached hydrogen (secondary N) is 2. The van der Waals surface area contributed by atoms with Crippen LogP contribution in [0, 0.1) is 0 Å². The van der Waals surface area contributed by atoms with Gasteiger partial charge in [0.25, 0.3) is 0 Å². The summed E-state index contributed by atoms with van der Waals surface area (Å²) in [6, 6.07) is 0.294. The molecular weight excluding hydrogens is 188 g/mol. The average Bonchev–Trinajstić information content (AvgIpc) is 2.71. The lowest BCUT2D eigenvalue weighted by Gasteiger charge is -2.06. The molecule has 1 aliphatic rings. The molecule has 1 saturated heterocycles. The Hall–Kier alpha value is -1.04. The summed E-state index contributed by atoms with van der Waals surface area (Å²) in [5.41, 5.74) is 0. The monoisotopic (exact) mass is 198 g/mol. The van der Waals surface area contributed by atoms with Crippen molar-refractivity contribution in [2.45, 2.75) is 24.0 Å². The average molecular weight is 198 g/mol. The van der Waals surface area contributed by atoms with Gasteiger partial charge in [-0.15, -0.1) is 0 Å². The maximum Gasteiger partial charge on any atom is 0.220 e. The van der Waals surface area contributed by atoms with Crippen LogP contribution in [0.3, 0.4) is 0 Å². The topological polar surface area (TPSA) is 70.7 Å². The van der Waals surface area contributed by atoms with E-state index in [2.05, 4.69) is 20.5 Å². The smallest absolute Gasteiger partial charge is 0.220 e. The van der Waals surface area contributed by atoms with Crippen LogP contribution in [-0.4, -0.2) is 32.9 Å². The molecule has 6 heteroatoms. The molecule has 70 valence electrons. The van der Waals surface area contributed by atoms with Crippen molar-refractivity contribution in [2.75, 3.05) is 5.75 Å². The molecule has 1 fully saturated rings. The molecule has 0 bridgehead atoms. The SMILES string of the molecule is O=C1CCC(CSc2ncn[nH]2)N1. The molecular formula is C7H10N4OS. The second-order valence-corrected chi connectivity index (χ2v) is 3.91. The summed E-state index contributed by atoms with van der Waals surface area (Å²) in [6.07, 6.45) is 3.07. The zero-order chi connectivity index (χ0) is 9.10. The molecule has 0 radical (unpaired) electrons. The number of carbonyl (C=O) groups is 1. The number of hydrogen-bond donors (Lipinski definition) is 2. The van der Waals surface area contributed by atoms with Crippen LogP contribution in [0.25, 0.3) is 0 Å². The van der Waals surface area contributed by atoms with Gasteiger partial charge in [-0.1, -0.05) is 11.8 Å². The molecule has 0 aromatic carbocycles. The predicted octanol–water partition coefficient (Wildman–Crippen LogP) is 0.175. The number of thioether (sulfide) groups is 1. The highest BCUT2D eigenvalue weighted by molar-refractivity contribution is 7.99. The van der Waals surface area contributed by atoms with Gasteiger partial charge in [-0.05, 0) is 6.42 Å². The van der Waals surface area contributed by atoms with E-state index in [1.54, 1.807) is 11.8 Å². The first-order valence-corrected chi connectivity index (χ1v) is 5.10. The summed E-state index contributed by atoms with van der Waals surface area (Å²) in [7, 11) is 0. The van der Waals surface area contributed by atoms with Crippen LogP contribution in [0.4, 0.5) is 0 Å². The van der Waals surface area contributed by atoms with Gasteiger partial charge in [0.1, 0.15) is 6.33 Å². The van der Waals surface area contributed by atoms with Gasteiger partial charge in [-0.3, -0.25) is 9.89 Å². The Kier molecular flexibility index (Phi) is 2.49. The molecule has 1 amide bonds. The Labute approximate surface area is 79.7 Å². The van der Waals surface area contributed by atoms with Crippen molar-refractivity contribution < 1.29 is 4.79 Å². The van der Waals surface area contributed by atoms with Crippen molar-refractivity contribution in [1.29, 1.82) is 0 Å². The molecule has 0 aliphatic carbocycles. The third-order valence-electron chi connectivity index (χ3n) is 1.90. The standard InChI is InChI=1S/C7H10N4OS/c12-6-2-1-5(10-6)3-13-7-8-4-9-11-7/h4-5H,1-3H2,(H,10,12)(H,8,9,11). The molecule has 0 saturated carbocycles. The summed E-state index contributed by atoms with van der Waals surface area (Å²) in [5, 5.41) is 10.2. The first-order valence-electron chi connectivity index (χ1n) is 4.12. The van der Waals surface area contributed by atoms with E-state index >= 15 is 0 Å². The van der Waals surface area contributed by atoms with E-state index in [1.165, 1.54) is 6.33 Å². The molecule has 1 aliphatic heterocycles. The molecule has 1 aromatic heterocycles. The van der Waals surface area contributed by atoms with E-state index in [-0.39, 0.29) is 5.91 Å². The molecule has 13 heavy (non-hydrogen) atoms. The third-order valence-corrected chi connectivity index (χ3v) is 2.94. The lowest BCUT2D eigenvalue weighted by Crippen LogP contribution is -2.27. The highest BCUT2D eigenvalue weighted by Crippen LogP contribution is 2.17. The van der Waals surface area contributed by atoms with Crippen LogP contribution in [-0.2, 0) is 4.79 Å². The fraction of sp³-hybridized carbons (Fsp3) is 0.571. The number of nitrogens with zero attached hydrogens (tertiary/aromatic N) is 2. The molecule has 5 nitrogen and oxygen atoms in total. The lowest BCUT2D eigenvalue weighted by atomic mass is 10.2. The second-order valence-electron chi connectivity index (χ2n) is 2.90. The van der Waals surface area contributed by atoms with Gasteiger partial charge >= 0.3 is 0 Å². The van der Waals surface area contributed by atoms with Gasteiger partial charge in [-0.2, -0.15) is 5.10 Å². The van der Waals surface area contributed by atoms with Crippen LogP contribution >= 0.6 is 11.8 Å². The molecule has 2 N–H and O–H groups in total. The van der Waals surface area contributed by atoms with E-state index in [4.69, 9.17) is 0 Å². The lowest BCUT2D eigenvalue weighted by molar-refractivity contribution is -0.119. The normalized spacial score (nSPS) is 21.8. The largest absolute Gasteiger partial charge is 0.353 e. The van der Waals surface area contributed by atoms with Crippen molar-refractivity contribution in [1.82, 2.24) is 20.5 Å². The van der Waals surface area contributed by atoms with Gasteiger partial charge < -0.3 is 5.32 Å². The molecule has 1 unspecified atom stereocenters. The number of amides is 1. The van der Waals surface area contributed by atoms with Crippen molar-refractivity contribution >= 4 is 17.7 Å². The Balaban J connectivity index is 1.77. The van der Waals surface area contributed by atoms with Gasteiger partial charge in [0.2, 0.25) is 5.91 Å². The summed E-state index contributed by atoms with van der Waals surface area (Å²) in [5.74, 6) is 1.02. The van der Waals surface area contributed by atoms with Crippen LogP contribution in [0.1, 0.15) is 12.8 Å². The Morgan fingerprint density at radius 2 is 2.62 bits per heavy atom. The minimum atomic E-state index is 0.156. The van der Waals surface area contributed by atoms with Crippen LogP contribution in [0.2, 0.25) is 0 Å². The van der Waals surface area contributed by atoms with Gasteiger partial charge in [0.15, 0.2) is 5.16 Å². The third kappa shape index (κ3) is 2.21. The number of H-pyrrole nitrogens is 1. The van der Waals surface area contributed by atoms with Crippen molar-refractivity contribution in [3.8, 4) is 0 Å². The van der Waals surface area contributed by atoms with Crippen LogP contribution in [0.5, 0.6) is 0 Å². The van der Waals surface area contributed by atoms with Gasteiger partial charge in [0.05, 0.1) is 0 Å². The molecule has 1 aromatic rings. The van der Waals surface area contributed by atoms with Crippen LogP contribution in [0.15, 0.2) is 11.5 Å². The van der Waals surface area contributed by atoms with Crippen LogP contribution < -0.4 is 5.32 Å². The van der Waals surface area contributed by atoms with Crippen molar-refractivity contribution in [2.24, 2.45) is 0 Å². The molecule has 1 atom stereocenters. The summed E-state index contributed by atoms with van der Waals surface area (Å²) in [6.45, 7) is 0. The van der Waals surface area contributed by atoms with E-state index in [0.29, 0.717) is 12.5 Å². The first kappa shape index (κ1) is 8.55. The zero-order valence-electron chi connectivity index (χ0n) is 6.99. The van der Waals surface area contributed by atoms with E-state index in [0.717, 1.165) is 17.3 Å². The van der Waals surface area contributed by atoms with E-state index in [9.17, 15) is 4.79 Å². The Morgan fingerprint density at radius 3 is 3.23 bits per heavy atom. The highest BCUT2D eigenvalue weighted by atomic mass is 32.2. The number of aromatic amines is 1. The minimum absolute atomic E-state index is 0.156. The number of rotatable bonds is 3. The number of carbonyl (C=O) groups excluding carboxylic acids is 1. The summed E-state index contributed by atoms with van der Waals surface area (Å²) < 4.78 is 0. The summed E-state index contributed by atoms with van der Waals surface area (Å²) in [4.78, 5) is 14.8. The molecule has 0 spiro atoms. The maximum atomic E-state index is 10.9. The van der Waals surface area contributed by atoms with Crippen molar-refractivity contribution in [3.63, 3.8) is 0 Å². The fourth-order valence-electron chi connectivity index (χ4n) is 1.25. The minimum Gasteiger partial charge on any atom is -0.353 e. The highest BCUT2D eigenvalue weighted by Gasteiger charge is 2.20. The predicted molar refractivity (Wildman–Crippen MR) is 48.3 cm³/mol. The van der Waals surface area contributed by atoms with Gasteiger partial charge in [0, 0.05) is 18.2 Å². The summed E-state index contributed by atoms with van der Waals surface area (Å²) >= 11 is 1.58. The second kappa shape index (κ2) is 3.78. The molecule has 2 heterocycles. The van der Waals surface area contributed by atoms with Gasteiger partial charge in [-0.25, -0.2) is 4.98 Å². The van der Waals surface area contributed by atoms with E-state index < -0.39 is 0 Å². The fourth-order valence-corrected chi connectivity index (χ4v) is 2.09. The first-order chi connectivity index (χ1) is 6.34. The van der Waals surface area contributed by atoms with Crippen molar-refractivity contribution in [3.05, 3.63) is 6.33 Å². The van der Waals surface area contributed by atoms with E-state index in [1.807, 2.05) is 0 Å². The number of hydrogen-bond acceptors (Lipinski definition) is 4.